The molecule has 0 aliphatic rings. The van der Waals surface area contributed by atoms with Crippen molar-refractivity contribution < 1.29 is 4.92 Å². The largest absolute Gasteiger partial charge is 0.265 e. The molecule has 0 spiro atoms. The number of aryl methyl sites for hydroxylation is 1. The molecular weight excluding hydrogens is 258 g/mol. The summed E-state index contributed by atoms with van der Waals surface area (Å²) in [4.78, 5) is 12.5. The number of nitrogens with zero attached hydrogens (tertiary/aromatic N) is 1. The Kier molecular flexibility index (Phi) is 4.58. The Balaban J connectivity index is 2.08. The fourth-order valence-corrected chi connectivity index (χ4v) is 2.79. The van der Waals surface area contributed by atoms with Gasteiger partial charge in [0.05, 0.1) is 0 Å². The van der Waals surface area contributed by atoms with Gasteiger partial charge in [0, 0.05) is 21.1 Å². The van der Waals surface area contributed by atoms with Gasteiger partial charge < -0.3 is 0 Å². The van der Waals surface area contributed by atoms with Gasteiger partial charge in [-0.3, -0.25) is 10.1 Å². The predicted molar refractivity (Wildman–Crippen MR) is 77.3 cm³/mol. The van der Waals surface area contributed by atoms with Crippen LogP contribution in [-0.4, -0.2) is 11.5 Å². The molecule has 0 radical (unpaired) electrons. The van der Waals surface area contributed by atoms with Gasteiger partial charge in [-0.25, -0.2) is 0 Å². The van der Waals surface area contributed by atoms with Gasteiger partial charge in [0.25, 0.3) is 0 Å². The van der Waals surface area contributed by atoms with Gasteiger partial charge in [0.2, 0.25) is 6.54 Å². The average Bonchev–Trinajstić information content (AvgIpc) is 2.39. The lowest BCUT2D eigenvalue weighted by Crippen LogP contribution is -2.05. The fourth-order valence-electron chi connectivity index (χ4n) is 1.85. The van der Waals surface area contributed by atoms with Crippen LogP contribution in [0.3, 0.4) is 0 Å². The minimum Gasteiger partial charge on any atom is -0.265 e. The summed E-state index contributed by atoms with van der Waals surface area (Å²) in [5.74, 6) is 0. The third-order valence-electron chi connectivity index (χ3n) is 2.86. The first-order valence-corrected chi connectivity index (χ1v) is 6.91. The average molecular weight is 273 g/mol. The molecule has 0 saturated heterocycles. The van der Waals surface area contributed by atoms with Crippen molar-refractivity contribution in [2.24, 2.45) is 0 Å². The molecule has 0 aliphatic heterocycles. The summed E-state index contributed by atoms with van der Waals surface area (Å²) in [6.07, 6.45) is 0.495. The van der Waals surface area contributed by atoms with Crippen LogP contribution in [0, 0.1) is 17.0 Å². The van der Waals surface area contributed by atoms with Gasteiger partial charge >= 0.3 is 0 Å². The number of hydrogen-bond donors (Lipinski definition) is 0. The monoisotopic (exact) mass is 273 g/mol. The van der Waals surface area contributed by atoms with Crippen molar-refractivity contribution in [1.82, 2.24) is 0 Å². The van der Waals surface area contributed by atoms with Gasteiger partial charge in [-0.05, 0) is 42.3 Å². The Morgan fingerprint density at radius 1 is 1.11 bits per heavy atom. The molecule has 0 fully saturated rings. The molecule has 0 atom stereocenters. The Morgan fingerprint density at radius 3 is 2.47 bits per heavy atom. The highest BCUT2D eigenvalue weighted by molar-refractivity contribution is 7.99. The van der Waals surface area contributed by atoms with Crippen LogP contribution in [-0.2, 0) is 6.42 Å². The zero-order valence-corrected chi connectivity index (χ0v) is 11.5. The van der Waals surface area contributed by atoms with Crippen molar-refractivity contribution >= 4 is 11.8 Å². The van der Waals surface area contributed by atoms with Gasteiger partial charge in [-0.1, -0.05) is 36.0 Å². The minimum absolute atomic E-state index is 0.00792. The molecule has 0 heterocycles. The second-order valence-corrected chi connectivity index (χ2v) is 5.46. The molecule has 0 aromatic heterocycles. The third-order valence-corrected chi connectivity index (χ3v) is 3.85. The molecule has 0 bridgehead atoms. The van der Waals surface area contributed by atoms with Crippen LogP contribution in [0.2, 0.25) is 0 Å². The Morgan fingerprint density at radius 2 is 1.84 bits per heavy atom. The maximum absolute atomic E-state index is 10.4. The summed E-state index contributed by atoms with van der Waals surface area (Å²) in [5.41, 5.74) is 2.16. The standard InChI is InChI=1S/C15H15NO2S/c1-12-11-15(19-14-5-3-2-4-6-14)8-7-13(12)9-10-16(17)18/h2-8,11H,9-10H2,1H3. The van der Waals surface area contributed by atoms with Gasteiger partial charge in [0.15, 0.2) is 0 Å². The normalized spacial score (nSPS) is 10.4. The Labute approximate surface area is 116 Å². The van der Waals surface area contributed by atoms with Crippen molar-refractivity contribution in [2.45, 2.75) is 23.1 Å². The van der Waals surface area contributed by atoms with E-state index in [1.165, 1.54) is 4.90 Å². The molecule has 0 amide bonds. The summed E-state index contributed by atoms with van der Waals surface area (Å²) in [6.45, 7) is 2.00. The Hall–Kier alpha value is -1.81. The van der Waals surface area contributed by atoms with E-state index < -0.39 is 0 Å². The summed E-state index contributed by atoms with van der Waals surface area (Å²) >= 11 is 1.70. The van der Waals surface area contributed by atoms with E-state index in [9.17, 15) is 10.1 Å². The first-order chi connectivity index (χ1) is 9.15. The maximum atomic E-state index is 10.4. The number of hydrogen-bond acceptors (Lipinski definition) is 3. The van der Waals surface area contributed by atoms with Gasteiger partial charge in [-0.15, -0.1) is 0 Å². The summed E-state index contributed by atoms with van der Waals surface area (Å²) in [6, 6.07) is 16.3. The van der Waals surface area contributed by atoms with Crippen LogP contribution in [0.25, 0.3) is 0 Å². The van der Waals surface area contributed by atoms with Gasteiger partial charge in [0.1, 0.15) is 0 Å². The third kappa shape index (κ3) is 4.10. The van der Waals surface area contributed by atoms with E-state index in [1.54, 1.807) is 11.8 Å². The lowest BCUT2D eigenvalue weighted by molar-refractivity contribution is -0.479. The number of rotatable bonds is 5. The van der Waals surface area contributed by atoms with E-state index >= 15 is 0 Å². The molecule has 98 valence electrons. The molecule has 2 aromatic carbocycles. The van der Waals surface area contributed by atoms with Crippen LogP contribution in [0.4, 0.5) is 0 Å². The zero-order chi connectivity index (χ0) is 13.7. The molecule has 0 aliphatic carbocycles. The van der Waals surface area contributed by atoms with Crippen LogP contribution in [0.5, 0.6) is 0 Å². The highest BCUT2D eigenvalue weighted by Gasteiger charge is 2.05. The first kappa shape index (κ1) is 13.6. The first-order valence-electron chi connectivity index (χ1n) is 6.09. The van der Waals surface area contributed by atoms with E-state index in [1.807, 2.05) is 37.3 Å². The molecule has 19 heavy (non-hydrogen) atoms. The van der Waals surface area contributed by atoms with Gasteiger partial charge in [-0.2, -0.15) is 0 Å². The molecule has 0 saturated carbocycles. The molecule has 0 N–H and O–H groups in total. The highest BCUT2D eigenvalue weighted by atomic mass is 32.2. The highest BCUT2D eigenvalue weighted by Crippen LogP contribution is 2.28. The van der Waals surface area contributed by atoms with Crippen LogP contribution < -0.4 is 0 Å². The van der Waals surface area contributed by atoms with E-state index in [-0.39, 0.29) is 11.5 Å². The van der Waals surface area contributed by atoms with E-state index in [0.29, 0.717) is 6.42 Å². The molecule has 3 nitrogen and oxygen atoms in total. The van der Waals surface area contributed by atoms with E-state index in [2.05, 4.69) is 18.2 Å². The van der Waals surface area contributed by atoms with Crippen molar-refractivity contribution in [3.8, 4) is 0 Å². The zero-order valence-electron chi connectivity index (χ0n) is 10.7. The molecule has 2 rings (SSSR count). The SMILES string of the molecule is Cc1cc(Sc2ccccc2)ccc1CC[N+](=O)[O-]. The van der Waals surface area contributed by atoms with Crippen molar-refractivity contribution in [2.75, 3.05) is 6.54 Å². The predicted octanol–water partition coefficient (Wildman–Crippen LogP) is 3.97. The molecule has 2 aromatic rings. The summed E-state index contributed by atoms with van der Waals surface area (Å²) in [5, 5.41) is 10.4. The fraction of sp³-hybridized carbons (Fsp3) is 0.200. The second-order valence-electron chi connectivity index (χ2n) is 4.31. The quantitative estimate of drug-likeness (QED) is 0.611. The minimum atomic E-state index is -0.272. The van der Waals surface area contributed by atoms with E-state index in [4.69, 9.17) is 0 Å². The molecular formula is C15H15NO2S. The summed E-state index contributed by atoms with van der Waals surface area (Å²) < 4.78 is 0. The maximum Gasteiger partial charge on any atom is 0.207 e. The number of benzene rings is 2. The van der Waals surface area contributed by atoms with Crippen LogP contribution in [0.15, 0.2) is 58.3 Å². The lowest BCUT2D eigenvalue weighted by Gasteiger charge is -2.07. The lowest BCUT2D eigenvalue weighted by atomic mass is 10.1. The van der Waals surface area contributed by atoms with Crippen molar-refractivity contribution in [3.05, 3.63) is 69.8 Å². The number of nitro groups is 1. The second kappa shape index (κ2) is 6.38. The van der Waals surface area contributed by atoms with Crippen molar-refractivity contribution in [1.29, 1.82) is 0 Å². The molecule has 4 heteroatoms. The van der Waals surface area contributed by atoms with Crippen LogP contribution >= 0.6 is 11.8 Å². The molecule has 0 unspecified atom stereocenters. The smallest absolute Gasteiger partial charge is 0.207 e. The summed E-state index contributed by atoms with van der Waals surface area (Å²) in [7, 11) is 0. The topological polar surface area (TPSA) is 43.1 Å². The van der Waals surface area contributed by atoms with E-state index in [0.717, 1.165) is 16.0 Å². The van der Waals surface area contributed by atoms with Crippen LogP contribution in [0.1, 0.15) is 11.1 Å². The Bertz CT molecular complexity index is 570. The van der Waals surface area contributed by atoms with Crippen molar-refractivity contribution in [3.63, 3.8) is 0 Å².